The lowest BCUT2D eigenvalue weighted by atomic mass is 9.95. The van der Waals surface area contributed by atoms with Crippen molar-refractivity contribution in [3.63, 3.8) is 0 Å². The quantitative estimate of drug-likeness (QED) is 0.692. The van der Waals surface area contributed by atoms with Gasteiger partial charge >= 0.3 is 6.18 Å². The fourth-order valence-corrected chi connectivity index (χ4v) is 1.10. The van der Waals surface area contributed by atoms with Crippen LogP contribution in [0.4, 0.5) is 13.2 Å². The summed E-state index contributed by atoms with van der Waals surface area (Å²) in [6.45, 7) is 8.49. The molecule has 16 heavy (non-hydrogen) atoms. The van der Waals surface area contributed by atoms with E-state index in [9.17, 15) is 13.2 Å². The number of ether oxygens (including phenoxy) is 1. The minimum absolute atomic E-state index is 0.102. The van der Waals surface area contributed by atoms with Crippen LogP contribution in [-0.4, -0.2) is 32.0 Å². The van der Waals surface area contributed by atoms with Crippen molar-refractivity contribution >= 4 is 0 Å². The maximum absolute atomic E-state index is 12.2. The zero-order chi connectivity index (χ0) is 12.8. The van der Waals surface area contributed by atoms with Crippen LogP contribution >= 0.6 is 0 Å². The molecule has 1 atom stereocenters. The molecule has 0 aliphatic rings. The highest BCUT2D eigenvalue weighted by Crippen LogP contribution is 2.24. The Balaban J connectivity index is 3.89. The van der Waals surface area contributed by atoms with Crippen LogP contribution < -0.4 is 5.32 Å². The number of rotatable bonds is 7. The molecule has 0 radical (unpaired) electrons. The number of halogens is 3. The molecule has 0 amide bonds. The smallest absolute Gasteiger partial charge is 0.368 e. The van der Waals surface area contributed by atoms with Gasteiger partial charge < -0.3 is 10.1 Å². The van der Waals surface area contributed by atoms with Gasteiger partial charge in [-0.05, 0) is 19.9 Å². The van der Waals surface area contributed by atoms with E-state index < -0.39 is 12.3 Å². The van der Waals surface area contributed by atoms with Gasteiger partial charge in [0.1, 0.15) is 0 Å². The average molecular weight is 241 g/mol. The normalized spacial score (nSPS) is 15.2. The lowest BCUT2D eigenvalue weighted by Crippen LogP contribution is -2.37. The van der Waals surface area contributed by atoms with Crippen LogP contribution in [0.1, 0.15) is 34.1 Å². The minimum Gasteiger partial charge on any atom is -0.368 e. The largest absolute Gasteiger partial charge is 0.414 e. The fourth-order valence-electron chi connectivity index (χ4n) is 1.10. The van der Waals surface area contributed by atoms with E-state index >= 15 is 0 Å². The number of alkyl halides is 3. The highest BCUT2D eigenvalue weighted by Gasteiger charge is 2.37. The van der Waals surface area contributed by atoms with Gasteiger partial charge in [0.25, 0.3) is 0 Å². The summed E-state index contributed by atoms with van der Waals surface area (Å²) in [6, 6.07) is 0. The van der Waals surface area contributed by atoms with Crippen molar-refractivity contribution < 1.29 is 17.9 Å². The van der Waals surface area contributed by atoms with E-state index in [1.165, 1.54) is 0 Å². The van der Waals surface area contributed by atoms with Gasteiger partial charge in [0.2, 0.25) is 0 Å². The Morgan fingerprint density at radius 2 is 1.81 bits per heavy atom. The standard InChI is InChI=1S/C11H22F3NO/c1-5-6-15-7-10(3,4)8-16-9(2)11(12,13)14/h9,15H,5-8H2,1-4H3. The number of hydrogen-bond acceptors (Lipinski definition) is 2. The van der Waals surface area contributed by atoms with Gasteiger partial charge in [0.05, 0.1) is 6.61 Å². The molecule has 0 saturated carbocycles. The molecule has 0 bridgehead atoms. The third-order valence-electron chi connectivity index (χ3n) is 2.22. The van der Waals surface area contributed by atoms with Crippen molar-refractivity contribution in [1.82, 2.24) is 5.32 Å². The zero-order valence-corrected chi connectivity index (χ0v) is 10.4. The van der Waals surface area contributed by atoms with Gasteiger partial charge in [-0.3, -0.25) is 0 Å². The van der Waals surface area contributed by atoms with E-state index in [0.29, 0.717) is 6.54 Å². The van der Waals surface area contributed by atoms with Crippen molar-refractivity contribution in [3.05, 3.63) is 0 Å². The maximum atomic E-state index is 12.2. The van der Waals surface area contributed by atoms with Crippen molar-refractivity contribution in [2.24, 2.45) is 5.41 Å². The lowest BCUT2D eigenvalue weighted by molar-refractivity contribution is -0.219. The molecule has 2 nitrogen and oxygen atoms in total. The molecular formula is C11H22F3NO. The van der Waals surface area contributed by atoms with Gasteiger partial charge in [0.15, 0.2) is 6.10 Å². The molecule has 0 spiro atoms. The highest BCUT2D eigenvalue weighted by atomic mass is 19.4. The van der Waals surface area contributed by atoms with Gasteiger partial charge in [-0.15, -0.1) is 0 Å². The highest BCUT2D eigenvalue weighted by molar-refractivity contribution is 4.72. The molecule has 0 aromatic rings. The minimum atomic E-state index is -4.27. The summed E-state index contributed by atoms with van der Waals surface area (Å²) in [4.78, 5) is 0. The van der Waals surface area contributed by atoms with E-state index in [0.717, 1.165) is 19.9 Å². The first-order valence-electron chi connectivity index (χ1n) is 5.58. The molecule has 0 saturated heterocycles. The molecule has 0 aromatic heterocycles. The molecule has 0 aliphatic heterocycles. The Morgan fingerprint density at radius 3 is 2.25 bits per heavy atom. The van der Waals surface area contributed by atoms with Gasteiger partial charge in [-0.1, -0.05) is 20.8 Å². The second kappa shape index (κ2) is 6.45. The third-order valence-corrected chi connectivity index (χ3v) is 2.22. The first-order valence-corrected chi connectivity index (χ1v) is 5.58. The van der Waals surface area contributed by atoms with Gasteiger partial charge in [0, 0.05) is 12.0 Å². The average Bonchev–Trinajstić information content (AvgIpc) is 2.13. The summed E-state index contributed by atoms with van der Waals surface area (Å²) in [6.07, 6.45) is -4.96. The van der Waals surface area contributed by atoms with Crippen LogP contribution in [0.25, 0.3) is 0 Å². The van der Waals surface area contributed by atoms with E-state index in [1.807, 2.05) is 20.8 Å². The first kappa shape index (κ1) is 15.7. The Hall–Kier alpha value is -0.290. The van der Waals surface area contributed by atoms with E-state index in [-0.39, 0.29) is 12.0 Å². The number of nitrogens with one attached hydrogen (secondary N) is 1. The van der Waals surface area contributed by atoms with Crippen LogP contribution in [0, 0.1) is 5.41 Å². The van der Waals surface area contributed by atoms with Crippen LogP contribution in [0.15, 0.2) is 0 Å². The van der Waals surface area contributed by atoms with E-state index in [2.05, 4.69) is 5.32 Å². The summed E-state index contributed by atoms with van der Waals surface area (Å²) in [5, 5.41) is 3.18. The van der Waals surface area contributed by atoms with Crippen molar-refractivity contribution in [3.8, 4) is 0 Å². The van der Waals surface area contributed by atoms with Gasteiger partial charge in [-0.25, -0.2) is 0 Å². The first-order chi connectivity index (χ1) is 7.19. The third kappa shape index (κ3) is 7.06. The number of hydrogen-bond donors (Lipinski definition) is 1. The van der Waals surface area contributed by atoms with E-state index in [1.54, 1.807) is 0 Å². The molecule has 0 aliphatic carbocycles. The van der Waals surface area contributed by atoms with Crippen molar-refractivity contribution in [2.75, 3.05) is 19.7 Å². The molecular weight excluding hydrogens is 219 g/mol. The van der Waals surface area contributed by atoms with Crippen LogP contribution in [-0.2, 0) is 4.74 Å². The topological polar surface area (TPSA) is 21.3 Å². The Kier molecular flexibility index (Phi) is 6.33. The summed E-state index contributed by atoms with van der Waals surface area (Å²) in [5.74, 6) is 0. The predicted octanol–water partition coefficient (Wildman–Crippen LogP) is 2.98. The van der Waals surface area contributed by atoms with Crippen molar-refractivity contribution in [2.45, 2.75) is 46.4 Å². The summed E-state index contributed by atoms with van der Waals surface area (Å²) >= 11 is 0. The molecule has 0 fully saturated rings. The molecule has 0 heterocycles. The molecule has 0 rings (SSSR count). The van der Waals surface area contributed by atoms with Crippen molar-refractivity contribution in [1.29, 1.82) is 0 Å². The summed E-state index contributed by atoms with van der Waals surface area (Å²) < 4.78 is 41.4. The molecule has 98 valence electrons. The molecule has 5 heteroatoms. The van der Waals surface area contributed by atoms with Crippen LogP contribution in [0.5, 0.6) is 0 Å². The molecule has 1 N–H and O–H groups in total. The Morgan fingerprint density at radius 1 is 1.25 bits per heavy atom. The van der Waals surface area contributed by atoms with Gasteiger partial charge in [-0.2, -0.15) is 13.2 Å². The SMILES string of the molecule is CCCNCC(C)(C)COC(C)C(F)(F)F. The molecule has 1 unspecified atom stereocenters. The summed E-state index contributed by atoms with van der Waals surface area (Å²) in [5.41, 5.74) is -0.283. The fraction of sp³-hybridized carbons (Fsp3) is 1.00. The maximum Gasteiger partial charge on any atom is 0.414 e. The Bertz CT molecular complexity index is 192. The molecule has 0 aromatic carbocycles. The second-order valence-electron chi connectivity index (χ2n) is 4.84. The summed E-state index contributed by atoms with van der Waals surface area (Å²) in [7, 11) is 0. The second-order valence-corrected chi connectivity index (χ2v) is 4.84. The lowest BCUT2D eigenvalue weighted by Gasteiger charge is -2.27. The predicted molar refractivity (Wildman–Crippen MR) is 58.4 cm³/mol. The van der Waals surface area contributed by atoms with E-state index in [4.69, 9.17) is 4.74 Å². The monoisotopic (exact) mass is 241 g/mol. The Labute approximate surface area is 95.5 Å². The zero-order valence-electron chi connectivity index (χ0n) is 10.4. The van der Waals surface area contributed by atoms with Crippen LogP contribution in [0.2, 0.25) is 0 Å². The van der Waals surface area contributed by atoms with Crippen LogP contribution in [0.3, 0.4) is 0 Å².